The summed E-state index contributed by atoms with van der Waals surface area (Å²) in [5.41, 5.74) is 2.65. The number of amides is 3. The molecule has 0 saturated heterocycles. The topological polar surface area (TPSA) is 69.7 Å². The van der Waals surface area contributed by atoms with Crippen LogP contribution in [0.5, 0.6) is 0 Å². The molecule has 192 valence electrons. The molecule has 1 N–H and O–H groups in total. The normalized spacial score (nSPS) is 13.0. The van der Waals surface area contributed by atoms with E-state index >= 15 is 0 Å². The van der Waals surface area contributed by atoms with E-state index in [9.17, 15) is 14.4 Å². The van der Waals surface area contributed by atoms with Crippen LogP contribution in [0.2, 0.25) is 10.0 Å². The second-order valence-corrected chi connectivity index (χ2v) is 9.93. The van der Waals surface area contributed by atoms with E-state index in [-0.39, 0.29) is 31.3 Å². The first-order valence-electron chi connectivity index (χ1n) is 12.2. The van der Waals surface area contributed by atoms with Crippen molar-refractivity contribution in [1.82, 2.24) is 10.2 Å². The molecule has 0 radical (unpaired) electrons. The number of nitrogens with one attached hydrogen (secondary N) is 1. The van der Waals surface area contributed by atoms with Gasteiger partial charge in [0.05, 0.1) is 5.69 Å². The largest absolute Gasteiger partial charge is 0.357 e. The van der Waals surface area contributed by atoms with Gasteiger partial charge in [0.25, 0.3) is 5.91 Å². The SMILES string of the molecule is CNC(=O)C(Cc1ccccc1)N(Cc1c(Cl)cccc1Cl)C(=O)CN1C(=O)c2cccc3cccc1c23. The van der Waals surface area contributed by atoms with Crippen molar-refractivity contribution in [3.63, 3.8) is 0 Å². The van der Waals surface area contributed by atoms with E-state index in [1.807, 2.05) is 60.7 Å². The standard InChI is InChI=1S/C30H25Cl2N3O3/c1-33-29(37)26(16-19-8-3-2-4-9-19)34(17-22-23(31)13-7-14-24(22)32)27(36)18-35-25-15-6-11-20-10-5-12-21(28(20)25)30(35)38/h2-15,26H,16-18H2,1H3,(H,33,37). The van der Waals surface area contributed by atoms with Gasteiger partial charge in [-0.2, -0.15) is 0 Å². The fourth-order valence-corrected chi connectivity index (χ4v) is 5.45. The van der Waals surface area contributed by atoms with E-state index in [1.165, 1.54) is 16.8 Å². The lowest BCUT2D eigenvalue weighted by Crippen LogP contribution is -2.52. The fourth-order valence-electron chi connectivity index (χ4n) is 4.94. The third kappa shape index (κ3) is 4.85. The van der Waals surface area contributed by atoms with Crippen molar-refractivity contribution >= 4 is 57.4 Å². The maximum absolute atomic E-state index is 14.1. The number of hydrogen-bond donors (Lipinski definition) is 1. The molecule has 1 aliphatic heterocycles. The lowest BCUT2D eigenvalue weighted by Gasteiger charge is -2.33. The van der Waals surface area contributed by atoms with Gasteiger partial charge in [-0.25, -0.2) is 0 Å². The predicted octanol–water partition coefficient (Wildman–Crippen LogP) is 5.49. The molecule has 0 spiro atoms. The van der Waals surface area contributed by atoms with Crippen molar-refractivity contribution in [2.75, 3.05) is 18.5 Å². The molecule has 6 nitrogen and oxygen atoms in total. The Bertz CT molecular complexity index is 1520. The molecular weight excluding hydrogens is 521 g/mol. The van der Waals surface area contributed by atoms with Crippen molar-refractivity contribution in [3.8, 4) is 0 Å². The van der Waals surface area contributed by atoms with Crippen LogP contribution in [0.4, 0.5) is 5.69 Å². The maximum Gasteiger partial charge on any atom is 0.259 e. The van der Waals surface area contributed by atoms with Gasteiger partial charge < -0.3 is 10.2 Å². The fraction of sp³-hybridized carbons (Fsp3) is 0.167. The monoisotopic (exact) mass is 545 g/mol. The molecule has 0 bridgehead atoms. The van der Waals surface area contributed by atoms with Gasteiger partial charge in [-0.05, 0) is 35.2 Å². The number of hydrogen-bond acceptors (Lipinski definition) is 3. The van der Waals surface area contributed by atoms with Crippen LogP contribution in [0.1, 0.15) is 21.5 Å². The number of anilines is 1. The average molecular weight is 546 g/mol. The van der Waals surface area contributed by atoms with Crippen LogP contribution in [0.15, 0.2) is 84.9 Å². The highest BCUT2D eigenvalue weighted by atomic mass is 35.5. The lowest BCUT2D eigenvalue weighted by molar-refractivity contribution is -0.140. The van der Waals surface area contributed by atoms with E-state index in [2.05, 4.69) is 5.32 Å². The Morgan fingerprint density at radius 1 is 0.895 bits per heavy atom. The quantitative estimate of drug-likeness (QED) is 0.318. The predicted molar refractivity (Wildman–Crippen MR) is 151 cm³/mol. The molecule has 1 heterocycles. The zero-order chi connectivity index (χ0) is 26.8. The highest BCUT2D eigenvalue weighted by Gasteiger charge is 2.36. The molecule has 0 aliphatic carbocycles. The molecule has 4 aromatic rings. The zero-order valence-corrected chi connectivity index (χ0v) is 22.2. The third-order valence-electron chi connectivity index (χ3n) is 6.85. The van der Waals surface area contributed by atoms with E-state index in [0.29, 0.717) is 26.9 Å². The summed E-state index contributed by atoms with van der Waals surface area (Å²) in [6, 6.07) is 24.9. The summed E-state index contributed by atoms with van der Waals surface area (Å²) < 4.78 is 0. The second kappa shape index (κ2) is 10.9. The summed E-state index contributed by atoms with van der Waals surface area (Å²) in [4.78, 5) is 43.6. The number of rotatable bonds is 8. The molecule has 0 saturated carbocycles. The van der Waals surface area contributed by atoms with Crippen molar-refractivity contribution in [2.45, 2.75) is 19.0 Å². The molecule has 8 heteroatoms. The second-order valence-electron chi connectivity index (χ2n) is 9.11. The Hall–Kier alpha value is -3.87. The third-order valence-corrected chi connectivity index (χ3v) is 7.56. The van der Waals surface area contributed by atoms with Gasteiger partial charge in [-0.1, -0.05) is 83.9 Å². The Kier molecular flexibility index (Phi) is 7.36. The Labute approximate surface area is 230 Å². The van der Waals surface area contributed by atoms with Gasteiger partial charge in [-0.15, -0.1) is 0 Å². The molecule has 1 aliphatic rings. The lowest BCUT2D eigenvalue weighted by atomic mass is 10.0. The minimum Gasteiger partial charge on any atom is -0.357 e. The van der Waals surface area contributed by atoms with Crippen molar-refractivity contribution in [2.24, 2.45) is 0 Å². The van der Waals surface area contributed by atoms with Crippen molar-refractivity contribution in [3.05, 3.63) is 112 Å². The summed E-state index contributed by atoms with van der Waals surface area (Å²) >= 11 is 13.0. The molecule has 4 aromatic carbocycles. The Morgan fingerprint density at radius 3 is 2.24 bits per heavy atom. The first-order chi connectivity index (χ1) is 18.4. The number of benzene rings is 4. The summed E-state index contributed by atoms with van der Waals surface area (Å²) in [6.07, 6.45) is 0.276. The first kappa shape index (κ1) is 25.8. The van der Waals surface area contributed by atoms with E-state index in [1.54, 1.807) is 24.3 Å². The van der Waals surface area contributed by atoms with E-state index in [4.69, 9.17) is 23.2 Å². The highest BCUT2D eigenvalue weighted by molar-refractivity contribution is 6.36. The van der Waals surface area contributed by atoms with Crippen molar-refractivity contribution < 1.29 is 14.4 Å². The minimum atomic E-state index is -0.863. The van der Waals surface area contributed by atoms with Crippen LogP contribution in [0.3, 0.4) is 0 Å². The van der Waals surface area contributed by atoms with Gasteiger partial charge in [-0.3, -0.25) is 19.3 Å². The van der Waals surface area contributed by atoms with Crippen LogP contribution in [-0.2, 0) is 22.6 Å². The Morgan fingerprint density at radius 2 is 1.55 bits per heavy atom. The average Bonchev–Trinajstić information content (AvgIpc) is 3.20. The Balaban J connectivity index is 1.53. The molecule has 5 rings (SSSR count). The van der Waals surface area contributed by atoms with Gasteiger partial charge in [0.1, 0.15) is 12.6 Å². The van der Waals surface area contributed by atoms with Gasteiger partial charge in [0, 0.05) is 46.6 Å². The smallest absolute Gasteiger partial charge is 0.259 e. The first-order valence-corrected chi connectivity index (χ1v) is 13.0. The number of nitrogens with zero attached hydrogens (tertiary/aromatic N) is 2. The summed E-state index contributed by atoms with van der Waals surface area (Å²) in [6.45, 7) is -0.238. The van der Waals surface area contributed by atoms with Crippen LogP contribution in [0.25, 0.3) is 10.8 Å². The van der Waals surface area contributed by atoms with Gasteiger partial charge in [0.15, 0.2) is 0 Å². The van der Waals surface area contributed by atoms with Crippen molar-refractivity contribution in [1.29, 1.82) is 0 Å². The molecule has 1 atom stereocenters. The number of carbonyl (C=O) groups excluding carboxylic acids is 3. The molecule has 0 fully saturated rings. The number of likely N-dealkylation sites (N-methyl/N-ethyl adjacent to an activating group) is 1. The van der Waals surface area contributed by atoms with Gasteiger partial charge >= 0.3 is 0 Å². The molecule has 3 amide bonds. The summed E-state index contributed by atoms with van der Waals surface area (Å²) in [7, 11) is 1.53. The zero-order valence-electron chi connectivity index (χ0n) is 20.7. The van der Waals surface area contributed by atoms with E-state index in [0.717, 1.165) is 16.3 Å². The molecule has 0 aromatic heterocycles. The molecule has 1 unspecified atom stereocenters. The molecule has 38 heavy (non-hydrogen) atoms. The van der Waals surface area contributed by atoms with Gasteiger partial charge in [0.2, 0.25) is 11.8 Å². The maximum atomic E-state index is 14.1. The van der Waals surface area contributed by atoms with Crippen LogP contribution in [0, 0.1) is 0 Å². The number of halogens is 2. The minimum absolute atomic E-state index is 0.00143. The molecular formula is C30H25Cl2N3O3. The number of carbonyl (C=O) groups is 3. The van der Waals surface area contributed by atoms with Crippen LogP contribution >= 0.6 is 23.2 Å². The van der Waals surface area contributed by atoms with Crippen LogP contribution < -0.4 is 10.2 Å². The van der Waals surface area contributed by atoms with Crippen LogP contribution in [-0.4, -0.2) is 42.3 Å². The summed E-state index contributed by atoms with van der Waals surface area (Å²) in [5.74, 6) is -0.979. The summed E-state index contributed by atoms with van der Waals surface area (Å²) in [5, 5.41) is 5.21. The van der Waals surface area contributed by atoms with E-state index < -0.39 is 11.9 Å². The highest BCUT2D eigenvalue weighted by Crippen LogP contribution is 2.37.